The molecule has 1 aromatic carbocycles. The van der Waals surface area contributed by atoms with Crippen LogP contribution in [0.5, 0.6) is 0 Å². The molecule has 0 spiro atoms. The van der Waals surface area contributed by atoms with Gasteiger partial charge in [-0.2, -0.15) is 0 Å². The Hall–Kier alpha value is -1.64. The third-order valence-corrected chi connectivity index (χ3v) is 2.18. The molecule has 1 heterocycles. The van der Waals surface area contributed by atoms with Crippen molar-refractivity contribution in [2.75, 3.05) is 0 Å². The summed E-state index contributed by atoms with van der Waals surface area (Å²) in [7, 11) is 0. The van der Waals surface area contributed by atoms with Gasteiger partial charge < -0.3 is 0 Å². The number of fused-ring (bicyclic) bond motifs is 1. The second kappa shape index (κ2) is 3.01. The first-order valence-corrected chi connectivity index (χ1v) is 4.32. The van der Waals surface area contributed by atoms with Crippen LogP contribution in [0, 0.1) is 0 Å². The predicted molar refractivity (Wildman–Crippen MR) is 49.6 cm³/mol. The third kappa shape index (κ3) is 1.13. The van der Waals surface area contributed by atoms with Gasteiger partial charge in [-0.05, 0) is 19.1 Å². The predicted octanol–water partition coefficient (Wildman–Crippen LogP) is 1.29. The lowest BCUT2D eigenvalue weighted by Crippen LogP contribution is -2.35. The number of rotatable bonds is 2. The van der Waals surface area contributed by atoms with Gasteiger partial charge in [-0.3, -0.25) is 4.79 Å². The number of para-hydroxylation sites is 2. The third-order valence-electron chi connectivity index (χ3n) is 2.18. The highest BCUT2D eigenvalue weighted by Crippen LogP contribution is 2.07. The average molecular weight is 175 g/mol. The maximum Gasteiger partial charge on any atom is 0.320 e. The number of imidazole rings is 1. The molecule has 13 heavy (non-hydrogen) atoms. The van der Waals surface area contributed by atoms with E-state index in [0.717, 1.165) is 23.9 Å². The molecule has 3 nitrogen and oxygen atoms in total. The van der Waals surface area contributed by atoms with Crippen LogP contribution in [-0.4, -0.2) is 11.3 Å². The van der Waals surface area contributed by atoms with E-state index in [1.54, 1.807) is 0 Å². The summed E-state index contributed by atoms with van der Waals surface area (Å²) in [6.45, 7) is 2.82. The first-order chi connectivity index (χ1) is 6.36. The van der Waals surface area contributed by atoms with E-state index in [2.05, 4.69) is 4.98 Å². The number of aromatic nitrogens is 2. The van der Waals surface area contributed by atoms with Gasteiger partial charge in [-0.15, -0.1) is 0 Å². The molecule has 0 aliphatic heterocycles. The van der Waals surface area contributed by atoms with Crippen molar-refractivity contribution in [3.8, 4) is 0 Å². The zero-order chi connectivity index (χ0) is 9.26. The smallest absolute Gasteiger partial charge is 0.289 e. The molecule has 0 saturated heterocycles. The molecule has 0 fully saturated rings. The molecule has 0 saturated carbocycles. The highest BCUT2D eigenvalue weighted by Gasteiger charge is 2.14. The number of H-pyrrole nitrogens is 1. The van der Waals surface area contributed by atoms with Crippen LogP contribution in [0.2, 0.25) is 0 Å². The number of aromatic amines is 1. The molecule has 0 aliphatic rings. The quantitative estimate of drug-likeness (QED) is 0.542. The number of nitrogens with zero attached hydrogens (tertiary/aromatic N) is 1. The topological polar surface area (TPSA) is 36.7 Å². The monoisotopic (exact) mass is 175 g/mol. The molecule has 3 heteroatoms. The van der Waals surface area contributed by atoms with Crippen LogP contribution in [0.3, 0.4) is 0 Å². The lowest BCUT2D eigenvalue weighted by atomic mass is 10.3. The summed E-state index contributed by atoms with van der Waals surface area (Å²) in [5.74, 6) is 0.628. The standard InChI is InChI=1S/C10H10N2O/c1-2-12-9-6-4-3-5-8(9)11-10(12)7-13/h3-7H,2H2,1H3/p+1. The largest absolute Gasteiger partial charge is 0.320 e. The highest BCUT2D eigenvalue weighted by atomic mass is 16.1. The molecule has 2 rings (SSSR count). The van der Waals surface area contributed by atoms with Crippen LogP contribution in [0.25, 0.3) is 11.0 Å². The lowest BCUT2D eigenvalue weighted by molar-refractivity contribution is -0.669. The Morgan fingerprint density at radius 2 is 2.23 bits per heavy atom. The minimum absolute atomic E-state index is 0.628. The number of nitrogens with one attached hydrogen (secondary N) is 1. The summed E-state index contributed by atoms with van der Waals surface area (Å²) in [4.78, 5) is 13.8. The number of hydrogen-bond acceptors (Lipinski definition) is 1. The van der Waals surface area contributed by atoms with Gasteiger partial charge in [0.05, 0.1) is 6.54 Å². The summed E-state index contributed by atoms with van der Waals surface area (Å²) in [6.07, 6.45) is 0.851. The van der Waals surface area contributed by atoms with Crippen LogP contribution < -0.4 is 4.57 Å². The summed E-state index contributed by atoms with van der Waals surface area (Å²) in [5, 5.41) is 0. The molecular weight excluding hydrogens is 164 g/mol. The van der Waals surface area contributed by atoms with Crippen molar-refractivity contribution >= 4 is 17.3 Å². The molecule has 0 aliphatic carbocycles. The zero-order valence-corrected chi connectivity index (χ0v) is 7.45. The number of carbonyl (C=O) groups excluding carboxylic acids is 1. The SMILES string of the molecule is CC[n+]1c(C=O)[nH]c2ccccc21. The minimum atomic E-state index is 0.628. The zero-order valence-electron chi connectivity index (χ0n) is 7.45. The molecule has 2 aromatic rings. The van der Waals surface area contributed by atoms with E-state index in [4.69, 9.17) is 0 Å². The fourth-order valence-electron chi connectivity index (χ4n) is 1.58. The fraction of sp³-hybridized carbons (Fsp3) is 0.200. The first kappa shape index (κ1) is 7.98. The van der Waals surface area contributed by atoms with E-state index in [1.807, 2.05) is 35.8 Å². The van der Waals surface area contributed by atoms with E-state index < -0.39 is 0 Å². The minimum Gasteiger partial charge on any atom is -0.289 e. The van der Waals surface area contributed by atoms with Crippen molar-refractivity contribution in [1.82, 2.24) is 4.98 Å². The Morgan fingerprint density at radius 3 is 2.92 bits per heavy atom. The van der Waals surface area contributed by atoms with Crippen LogP contribution in [0.4, 0.5) is 0 Å². The van der Waals surface area contributed by atoms with Crippen LogP contribution >= 0.6 is 0 Å². The molecule has 0 unspecified atom stereocenters. The van der Waals surface area contributed by atoms with Gasteiger partial charge in [0.2, 0.25) is 6.29 Å². The number of aryl methyl sites for hydroxylation is 1. The van der Waals surface area contributed by atoms with Gasteiger partial charge in [0.1, 0.15) is 0 Å². The van der Waals surface area contributed by atoms with Crippen molar-refractivity contribution in [1.29, 1.82) is 0 Å². The maximum absolute atomic E-state index is 10.7. The van der Waals surface area contributed by atoms with E-state index >= 15 is 0 Å². The van der Waals surface area contributed by atoms with Crippen LogP contribution in [-0.2, 0) is 6.54 Å². The van der Waals surface area contributed by atoms with Gasteiger partial charge in [0.25, 0.3) is 0 Å². The van der Waals surface area contributed by atoms with Gasteiger partial charge in [-0.25, -0.2) is 9.55 Å². The summed E-state index contributed by atoms with van der Waals surface area (Å²) in [6, 6.07) is 7.89. The summed E-state index contributed by atoms with van der Waals surface area (Å²) >= 11 is 0. The molecule has 66 valence electrons. The molecule has 0 atom stereocenters. The van der Waals surface area contributed by atoms with Gasteiger partial charge in [0, 0.05) is 0 Å². The fourth-order valence-corrected chi connectivity index (χ4v) is 1.58. The first-order valence-electron chi connectivity index (χ1n) is 4.32. The van der Waals surface area contributed by atoms with Crippen molar-refractivity contribution in [3.05, 3.63) is 30.1 Å². The number of carbonyl (C=O) groups is 1. The Kier molecular flexibility index (Phi) is 1.85. The van der Waals surface area contributed by atoms with Gasteiger partial charge in [-0.1, -0.05) is 12.1 Å². The molecule has 0 bridgehead atoms. The van der Waals surface area contributed by atoms with Crippen molar-refractivity contribution in [3.63, 3.8) is 0 Å². The molecule has 0 amide bonds. The summed E-state index contributed by atoms with van der Waals surface area (Å²) in [5.41, 5.74) is 2.08. The average Bonchev–Trinajstić information content (AvgIpc) is 2.55. The van der Waals surface area contributed by atoms with Gasteiger partial charge >= 0.3 is 5.82 Å². The number of hydrogen-bond donors (Lipinski definition) is 1. The van der Waals surface area contributed by atoms with Crippen LogP contribution in [0.1, 0.15) is 17.5 Å². The summed E-state index contributed by atoms with van der Waals surface area (Å²) < 4.78 is 1.96. The lowest BCUT2D eigenvalue weighted by Gasteiger charge is -1.90. The Bertz CT molecular complexity index is 445. The van der Waals surface area contributed by atoms with E-state index in [0.29, 0.717) is 5.82 Å². The highest BCUT2D eigenvalue weighted by molar-refractivity contribution is 5.77. The maximum atomic E-state index is 10.7. The molecule has 1 N–H and O–H groups in total. The second-order valence-corrected chi connectivity index (χ2v) is 2.89. The van der Waals surface area contributed by atoms with Crippen molar-refractivity contribution < 1.29 is 9.36 Å². The Balaban J connectivity index is 2.81. The number of benzene rings is 1. The molecule has 0 radical (unpaired) electrons. The van der Waals surface area contributed by atoms with Crippen molar-refractivity contribution in [2.24, 2.45) is 0 Å². The normalized spacial score (nSPS) is 10.5. The second-order valence-electron chi connectivity index (χ2n) is 2.89. The Labute approximate surface area is 76.0 Å². The van der Waals surface area contributed by atoms with Gasteiger partial charge in [0.15, 0.2) is 11.0 Å². The van der Waals surface area contributed by atoms with E-state index in [-0.39, 0.29) is 0 Å². The van der Waals surface area contributed by atoms with Crippen LogP contribution in [0.15, 0.2) is 24.3 Å². The van der Waals surface area contributed by atoms with E-state index in [1.165, 1.54) is 0 Å². The van der Waals surface area contributed by atoms with Crippen molar-refractivity contribution in [2.45, 2.75) is 13.5 Å². The molecular formula is C10H11N2O+. The number of aldehydes is 1. The molecule has 1 aromatic heterocycles. The Morgan fingerprint density at radius 1 is 1.46 bits per heavy atom. The van der Waals surface area contributed by atoms with E-state index in [9.17, 15) is 4.79 Å².